The lowest BCUT2D eigenvalue weighted by atomic mass is 9.75. The first kappa shape index (κ1) is 27.9. The molecule has 4 amide bonds. The average molecular weight is 515 g/mol. The quantitative estimate of drug-likeness (QED) is 0.330. The molecule has 1 aromatic carbocycles. The van der Waals surface area contributed by atoms with E-state index in [2.05, 4.69) is 22.8 Å². The number of benzene rings is 1. The molecule has 0 aliphatic heterocycles. The zero-order valence-electron chi connectivity index (χ0n) is 19.1. The average Bonchev–Trinajstić information content (AvgIpc) is 2.83. The predicted molar refractivity (Wildman–Crippen MR) is 129 cm³/mol. The molecule has 1 aliphatic rings. The molecular weight excluding hydrogens is 483 g/mol. The molecule has 0 aromatic heterocycles. The van der Waals surface area contributed by atoms with Crippen molar-refractivity contribution in [3.63, 3.8) is 0 Å². The summed E-state index contributed by atoms with van der Waals surface area (Å²) in [7, 11) is 0. The second-order valence-electron chi connectivity index (χ2n) is 8.41. The van der Waals surface area contributed by atoms with Crippen molar-refractivity contribution in [2.45, 2.75) is 57.5 Å². The van der Waals surface area contributed by atoms with E-state index >= 15 is 0 Å². The molecule has 1 aromatic rings. The lowest BCUT2D eigenvalue weighted by Crippen LogP contribution is -2.39. The highest BCUT2D eigenvalue weighted by atomic mass is 35.5. The van der Waals surface area contributed by atoms with Crippen molar-refractivity contribution in [3.05, 3.63) is 35.9 Å². The number of alkyl carbamates (subject to hydrolysis) is 2. The van der Waals surface area contributed by atoms with Gasteiger partial charge in [0.25, 0.3) is 0 Å². The van der Waals surface area contributed by atoms with E-state index in [9.17, 15) is 19.2 Å². The van der Waals surface area contributed by atoms with Crippen molar-refractivity contribution >= 4 is 47.2 Å². The number of rotatable bonds is 11. The Labute approximate surface area is 210 Å². The van der Waals surface area contributed by atoms with Gasteiger partial charge in [-0.1, -0.05) is 43.2 Å². The summed E-state index contributed by atoms with van der Waals surface area (Å²) in [6.07, 6.45) is 4.97. The summed E-state index contributed by atoms with van der Waals surface area (Å²) < 4.78 is 10.7. The van der Waals surface area contributed by atoms with Crippen LogP contribution in [0.25, 0.3) is 0 Å². The van der Waals surface area contributed by atoms with E-state index in [0.29, 0.717) is 19.3 Å². The molecule has 34 heavy (non-hydrogen) atoms. The molecule has 0 spiro atoms. The van der Waals surface area contributed by atoms with Gasteiger partial charge in [0.05, 0.1) is 6.61 Å². The first-order valence-electron chi connectivity index (χ1n) is 11.5. The highest BCUT2D eigenvalue weighted by Gasteiger charge is 2.33. The van der Waals surface area contributed by atoms with Crippen LogP contribution in [0.2, 0.25) is 0 Å². The Kier molecular flexibility index (Phi) is 12.8. The number of carbonyl (C=O) groups is 4. The molecule has 188 valence electrons. The van der Waals surface area contributed by atoms with Gasteiger partial charge in [-0.15, -0.1) is 23.2 Å². The van der Waals surface area contributed by atoms with Crippen LogP contribution in [0.4, 0.5) is 9.59 Å². The van der Waals surface area contributed by atoms with Crippen LogP contribution >= 0.6 is 23.2 Å². The summed E-state index contributed by atoms with van der Waals surface area (Å²) in [4.78, 5) is 46.3. The van der Waals surface area contributed by atoms with Crippen LogP contribution in [0, 0.1) is 11.8 Å². The summed E-state index contributed by atoms with van der Waals surface area (Å²) in [6.45, 7) is 0.166. The van der Waals surface area contributed by atoms with Crippen molar-refractivity contribution in [2.75, 3.05) is 18.4 Å². The Morgan fingerprint density at radius 3 is 2.21 bits per heavy atom. The lowest BCUT2D eigenvalue weighted by molar-refractivity contribution is -0.119. The third kappa shape index (κ3) is 10.7. The van der Waals surface area contributed by atoms with Gasteiger partial charge in [0, 0.05) is 0 Å². The third-order valence-electron chi connectivity index (χ3n) is 5.90. The van der Waals surface area contributed by atoms with E-state index in [0.717, 1.165) is 32.1 Å². The van der Waals surface area contributed by atoms with Crippen molar-refractivity contribution in [3.8, 4) is 0 Å². The van der Waals surface area contributed by atoms with E-state index in [1.807, 2.05) is 18.2 Å². The van der Waals surface area contributed by atoms with Crippen LogP contribution in [-0.4, -0.2) is 48.5 Å². The Morgan fingerprint density at radius 1 is 0.853 bits per heavy atom. The fourth-order valence-electron chi connectivity index (χ4n) is 4.21. The Bertz CT molecular complexity index is 808. The van der Waals surface area contributed by atoms with Gasteiger partial charge in [0.1, 0.15) is 17.9 Å². The topological polar surface area (TPSA) is 111 Å². The summed E-state index contributed by atoms with van der Waals surface area (Å²) in [5, 5.41) is 4.16. The normalized spacial score (nSPS) is 19.6. The maximum absolute atomic E-state index is 11.9. The van der Waals surface area contributed by atoms with Crippen molar-refractivity contribution in [1.29, 1.82) is 0 Å². The number of nitrogens with one attached hydrogen (secondary N) is 2. The van der Waals surface area contributed by atoms with Crippen LogP contribution in [0.1, 0.15) is 50.5 Å². The summed E-state index contributed by atoms with van der Waals surface area (Å²) in [5.74, 6) is -1.62. The van der Waals surface area contributed by atoms with E-state index in [4.69, 9.17) is 32.7 Å². The zero-order valence-corrected chi connectivity index (χ0v) is 20.6. The second-order valence-corrected chi connectivity index (χ2v) is 8.94. The first-order chi connectivity index (χ1) is 16.4. The van der Waals surface area contributed by atoms with Crippen molar-refractivity contribution in [2.24, 2.45) is 11.8 Å². The fraction of sp³-hybridized carbons (Fsp3) is 0.583. The Morgan fingerprint density at radius 2 is 1.53 bits per heavy atom. The molecule has 1 fully saturated rings. The minimum atomic E-state index is -0.815. The standard InChI is InChI=1S/C24H32Cl2N2O6/c25-14-21(29)27-23(31)33-16-19-11-12-20(34-24(32)28-22(30)15-26)13-18(19)10-6-2-5-9-17-7-3-1-4-8-17/h1,3-4,7-8,18-20H,2,5-6,9-16H2,(H,27,29,31)(H,28,30,32). The smallest absolute Gasteiger partial charge is 0.414 e. The molecule has 10 heteroatoms. The van der Waals surface area contributed by atoms with Crippen LogP contribution in [0.15, 0.2) is 30.3 Å². The summed E-state index contributed by atoms with van der Waals surface area (Å²) >= 11 is 10.8. The van der Waals surface area contributed by atoms with Gasteiger partial charge in [0.15, 0.2) is 0 Å². The van der Waals surface area contributed by atoms with E-state index in [1.54, 1.807) is 0 Å². The maximum Gasteiger partial charge on any atom is 0.414 e. The number of imide groups is 2. The highest BCUT2D eigenvalue weighted by molar-refractivity contribution is 6.28. The molecule has 0 saturated heterocycles. The van der Waals surface area contributed by atoms with Crippen LogP contribution < -0.4 is 10.6 Å². The Hall–Kier alpha value is -2.32. The molecule has 8 nitrogen and oxygen atoms in total. The van der Waals surface area contributed by atoms with Gasteiger partial charge in [-0.25, -0.2) is 9.59 Å². The van der Waals surface area contributed by atoms with Gasteiger partial charge in [-0.3, -0.25) is 20.2 Å². The van der Waals surface area contributed by atoms with Gasteiger partial charge in [-0.2, -0.15) is 0 Å². The molecule has 3 unspecified atom stereocenters. The van der Waals surface area contributed by atoms with E-state index in [1.165, 1.54) is 5.56 Å². The summed E-state index contributed by atoms with van der Waals surface area (Å²) in [6, 6.07) is 10.3. The number of amides is 4. The molecule has 1 aliphatic carbocycles. The largest absolute Gasteiger partial charge is 0.449 e. The molecule has 0 bridgehead atoms. The van der Waals surface area contributed by atoms with Gasteiger partial charge < -0.3 is 9.47 Å². The van der Waals surface area contributed by atoms with Gasteiger partial charge >= 0.3 is 12.2 Å². The van der Waals surface area contributed by atoms with E-state index < -0.39 is 24.0 Å². The minimum absolute atomic E-state index is 0.0818. The number of aryl methyl sites for hydroxylation is 1. The monoisotopic (exact) mass is 514 g/mol. The van der Waals surface area contributed by atoms with Crippen molar-refractivity contribution < 1.29 is 28.7 Å². The molecule has 0 heterocycles. The molecule has 1 saturated carbocycles. The number of unbranched alkanes of at least 4 members (excludes halogenated alkanes) is 2. The van der Waals surface area contributed by atoms with Gasteiger partial charge in [-0.05, 0) is 55.9 Å². The third-order valence-corrected chi connectivity index (χ3v) is 6.39. The number of alkyl halides is 2. The number of ether oxygens (including phenoxy) is 2. The number of halogens is 2. The molecular formula is C24H32Cl2N2O6. The Balaban J connectivity index is 1.85. The first-order valence-corrected chi connectivity index (χ1v) is 12.6. The molecule has 3 atom stereocenters. The fourth-order valence-corrected chi connectivity index (χ4v) is 4.35. The lowest BCUT2D eigenvalue weighted by Gasteiger charge is -2.35. The number of carbonyl (C=O) groups excluding carboxylic acids is 4. The van der Waals surface area contributed by atoms with Crippen LogP contribution in [-0.2, 0) is 25.5 Å². The zero-order chi connectivity index (χ0) is 24.8. The number of hydrogen-bond acceptors (Lipinski definition) is 6. The highest BCUT2D eigenvalue weighted by Crippen LogP contribution is 2.35. The predicted octanol–water partition coefficient (Wildman–Crippen LogP) is 4.56. The second kappa shape index (κ2) is 15.6. The van der Waals surface area contributed by atoms with E-state index in [-0.39, 0.29) is 36.3 Å². The summed E-state index contributed by atoms with van der Waals surface area (Å²) in [5.41, 5.74) is 1.31. The maximum atomic E-state index is 11.9. The number of hydrogen-bond donors (Lipinski definition) is 2. The minimum Gasteiger partial charge on any atom is -0.449 e. The molecule has 0 radical (unpaired) electrons. The molecule has 2 rings (SSSR count). The van der Waals surface area contributed by atoms with Crippen LogP contribution in [0.5, 0.6) is 0 Å². The van der Waals surface area contributed by atoms with Crippen molar-refractivity contribution in [1.82, 2.24) is 10.6 Å². The van der Waals surface area contributed by atoms with Gasteiger partial charge in [0.2, 0.25) is 11.8 Å². The molecule has 2 N–H and O–H groups in total. The SMILES string of the molecule is O=C(CCl)NC(=O)OCC1CCC(OC(=O)NC(=O)CCl)CC1CCCCCc1ccccc1. The van der Waals surface area contributed by atoms with Crippen LogP contribution in [0.3, 0.4) is 0 Å².